The van der Waals surface area contributed by atoms with Crippen molar-refractivity contribution >= 4 is 0 Å². The van der Waals surface area contributed by atoms with E-state index in [0.717, 1.165) is 65.6 Å². The number of hydrazine groups is 1. The van der Waals surface area contributed by atoms with Crippen LogP contribution in [0.15, 0.2) is 0 Å². The zero-order chi connectivity index (χ0) is 13.7. The molecule has 5 heteroatoms. The first-order chi connectivity index (χ1) is 9.05. The van der Waals surface area contributed by atoms with Gasteiger partial charge in [-0.15, -0.1) is 0 Å². The second-order valence-corrected chi connectivity index (χ2v) is 6.51. The van der Waals surface area contributed by atoms with E-state index in [-0.39, 0.29) is 0 Å². The summed E-state index contributed by atoms with van der Waals surface area (Å²) >= 11 is 0. The molecule has 1 N–H and O–H groups in total. The maximum atomic E-state index is 5.36. The van der Waals surface area contributed by atoms with Crippen LogP contribution in [0.1, 0.15) is 20.8 Å². The van der Waals surface area contributed by atoms with Crippen molar-refractivity contribution in [2.75, 3.05) is 65.6 Å². The quantitative estimate of drug-likeness (QED) is 0.791. The fourth-order valence-corrected chi connectivity index (χ4v) is 2.73. The van der Waals surface area contributed by atoms with Gasteiger partial charge in [-0.05, 0) is 20.8 Å². The molecular formula is C14H30N4O. The molecule has 0 aliphatic carbocycles. The van der Waals surface area contributed by atoms with E-state index in [0.29, 0.717) is 5.54 Å². The lowest BCUT2D eigenvalue weighted by Crippen LogP contribution is -2.57. The van der Waals surface area contributed by atoms with E-state index >= 15 is 0 Å². The molecule has 0 amide bonds. The highest BCUT2D eigenvalue weighted by Gasteiger charge is 2.25. The maximum absolute atomic E-state index is 5.36. The van der Waals surface area contributed by atoms with Gasteiger partial charge in [-0.3, -0.25) is 15.2 Å². The van der Waals surface area contributed by atoms with E-state index in [2.05, 4.69) is 41.0 Å². The normalized spacial score (nSPS) is 24.8. The summed E-state index contributed by atoms with van der Waals surface area (Å²) in [5.41, 5.74) is 3.87. The van der Waals surface area contributed by atoms with Gasteiger partial charge in [0.15, 0.2) is 0 Å². The molecule has 5 nitrogen and oxygen atoms in total. The summed E-state index contributed by atoms with van der Waals surface area (Å²) in [6.45, 7) is 17.6. The van der Waals surface area contributed by atoms with Crippen molar-refractivity contribution in [3.63, 3.8) is 0 Å². The summed E-state index contributed by atoms with van der Waals surface area (Å²) in [6.07, 6.45) is 0. The summed E-state index contributed by atoms with van der Waals surface area (Å²) in [5, 5.41) is 2.38. The number of ether oxygens (including phenoxy) is 1. The van der Waals surface area contributed by atoms with Gasteiger partial charge < -0.3 is 4.74 Å². The van der Waals surface area contributed by atoms with E-state index < -0.39 is 0 Å². The van der Waals surface area contributed by atoms with E-state index in [4.69, 9.17) is 4.74 Å². The monoisotopic (exact) mass is 270 g/mol. The molecule has 112 valence electrons. The Hall–Kier alpha value is -0.200. The molecule has 0 aromatic rings. The molecule has 2 saturated heterocycles. The van der Waals surface area contributed by atoms with E-state index in [1.54, 1.807) is 0 Å². The number of hydrogen-bond donors (Lipinski definition) is 1. The molecule has 0 aromatic heterocycles. The van der Waals surface area contributed by atoms with Crippen LogP contribution in [-0.4, -0.2) is 85.9 Å². The van der Waals surface area contributed by atoms with Gasteiger partial charge in [0.05, 0.1) is 13.2 Å². The summed E-state index contributed by atoms with van der Waals surface area (Å²) in [4.78, 5) is 5.04. The predicted molar refractivity (Wildman–Crippen MR) is 78.2 cm³/mol. The zero-order valence-electron chi connectivity index (χ0n) is 12.8. The molecule has 0 unspecified atom stereocenters. The standard InChI is InChI=1S/C14H30N4O/c1-14(2,3)17-6-8-18(9-7-17)15-4-5-16-10-12-19-13-11-16/h15H,4-13H2,1-3H3. The molecule has 0 saturated carbocycles. The van der Waals surface area contributed by atoms with Crippen molar-refractivity contribution in [2.45, 2.75) is 26.3 Å². The van der Waals surface area contributed by atoms with Crippen LogP contribution in [0.2, 0.25) is 0 Å². The molecule has 0 atom stereocenters. The zero-order valence-corrected chi connectivity index (χ0v) is 12.8. The summed E-state index contributed by atoms with van der Waals surface area (Å²) in [7, 11) is 0. The Bertz CT molecular complexity index is 253. The molecule has 2 fully saturated rings. The number of piperazine rings is 1. The van der Waals surface area contributed by atoms with Gasteiger partial charge in [0.2, 0.25) is 0 Å². The number of nitrogens with zero attached hydrogens (tertiary/aromatic N) is 3. The third-order valence-corrected chi connectivity index (χ3v) is 4.10. The first-order valence-electron chi connectivity index (χ1n) is 7.59. The summed E-state index contributed by atoms with van der Waals surface area (Å²) in [5.74, 6) is 0. The number of hydrogen-bond acceptors (Lipinski definition) is 5. The van der Waals surface area contributed by atoms with Crippen molar-refractivity contribution in [2.24, 2.45) is 0 Å². The Labute approximate surface area is 117 Å². The topological polar surface area (TPSA) is 31.0 Å². The SMILES string of the molecule is CC(C)(C)N1CCN(NCCN2CCOCC2)CC1. The van der Waals surface area contributed by atoms with Crippen LogP contribution in [0.3, 0.4) is 0 Å². The molecule has 19 heavy (non-hydrogen) atoms. The summed E-state index contributed by atoms with van der Waals surface area (Å²) in [6, 6.07) is 0. The number of rotatable bonds is 4. The Morgan fingerprint density at radius 2 is 1.58 bits per heavy atom. The van der Waals surface area contributed by atoms with Crippen molar-refractivity contribution in [3.8, 4) is 0 Å². The highest BCUT2D eigenvalue weighted by Crippen LogP contribution is 2.14. The van der Waals surface area contributed by atoms with Crippen molar-refractivity contribution in [3.05, 3.63) is 0 Å². The Morgan fingerprint density at radius 1 is 0.947 bits per heavy atom. The largest absolute Gasteiger partial charge is 0.379 e. The van der Waals surface area contributed by atoms with Gasteiger partial charge in [-0.2, -0.15) is 0 Å². The van der Waals surface area contributed by atoms with Crippen LogP contribution in [-0.2, 0) is 4.74 Å². The smallest absolute Gasteiger partial charge is 0.0594 e. The molecule has 0 aromatic carbocycles. The van der Waals surface area contributed by atoms with Crippen LogP contribution in [0.4, 0.5) is 0 Å². The number of morpholine rings is 1. The third-order valence-electron chi connectivity index (χ3n) is 4.10. The van der Waals surface area contributed by atoms with Gasteiger partial charge in [0, 0.05) is 57.9 Å². The Kier molecular flexibility index (Phi) is 5.59. The minimum Gasteiger partial charge on any atom is -0.379 e. The van der Waals surface area contributed by atoms with Crippen LogP contribution >= 0.6 is 0 Å². The van der Waals surface area contributed by atoms with Crippen LogP contribution < -0.4 is 5.43 Å². The number of nitrogens with one attached hydrogen (secondary N) is 1. The lowest BCUT2D eigenvalue weighted by Gasteiger charge is -2.42. The molecule has 2 heterocycles. The van der Waals surface area contributed by atoms with Gasteiger partial charge in [0.1, 0.15) is 0 Å². The molecule has 0 spiro atoms. The predicted octanol–water partition coefficient (Wildman–Crippen LogP) is 0.239. The van der Waals surface area contributed by atoms with Crippen molar-refractivity contribution in [1.29, 1.82) is 0 Å². The van der Waals surface area contributed by atoms with Crippen LogP contribution in [0.5, 0.6) is 0 Å². The second-order valence-electron chi connectivity index (χ2n) is 6.51. The van der Waals surface area contributed by atoms with Gasteiger partial charge >= 0.3 is 0 Å². The highest BCUT2D eigenvalue weighted by molar-refractivity contribution is 4.81. The second kappa shape index (κ2) is 6.99. The first-order valence-corrected chi connectivity index (χ1v) is 7.59. The van der Waals surface area contributed by atoms with Crippen LogP contribution in [0, 0.1) is 0 Å². The Morgan fingerprint density at radius 3 is 2.16 bits per heavy atom. The molecule has 2 aliphatic rings. The lowest BCUT2D eigenvalue weighted by molar-refractivity contribution is 0.0223. The van der Waals surface area contributed by atoms with Crippen LogP contribution in [0.25, 0.3) is 0 Å². The molecule has 2 rings (SSSR count). The van der Waals surface area contributed by atoms with E-state index in [9.17, 15) is 0 Å². The third kappa shape index (κ3) is 5.00. The summed E-state index contributed by atoms with van der Waals surface area (Å²) < 4.78 is 5.36. The van der Waals surface area contributed by atoms with E-state index in [1.165, 1.54) is 0 Å². The van der Waals surface area contributed by atoms with E-state index in [1.807, 2.05) is 0 Å². The van der Waals surface area contributed by atoms with Crippen molar-refractivity contribution < 1.29 is 4.74 Å². The van der Waals surface area contributed by atoms with Gasteiger partial charge in [-0.25, -0.2) is 5.01 Å². The van der Waals surface area contributed by atoms with Gasteiger partial charge in [-0.1, -0.05) is 0 Å². The highest BCUT2D eigenvalue weighted by atomic mass is 16.5. The molecular weight excluding hydrogens is 240 g/mol. The molecule has 0 bridgehead atoms. The van der Waals surface area contributed by atoms with Crippen molar-refractivity contribution in [1.82, 2.24) is 20.2 Å². The molecule has 0 radical (unpaired) electrons. The first kappa shape index (κ1) is 15.2. The molecule has 2 aliphatic heterocycles. The Balaban J connectivity index is 1.58. The average molecular weight is 270 g/mol. The minimum atomic E-state index is 0.305. The fourth-order valence-electron chi connectivity index (χ4n) is 2.73. The fraction of sp³-hybridized carbons (Fsp3) is 1.00. The minimum absolute atomic E-state index is 0.305. The maximum Gasteiger partial charge on any atom is 0.0594 e. The lowest BCUT2D eigenvalue weighted by atomic mass is 10.1. The average Bonchev–Trinajstić information content (AvgIpc) is 2.39. The van der Waals surface area contributed by atoms with Gasteiger partial charge in [0.25, 0.3) is 0 Å².